The maximum Gasteiger partial charge on any atom is 0.253 e. The topological polar surface area (TPSA) is 51.2 Å². The van der Waals surface area contributed by atoms with Gasteiger partial charge in [0.15, 0.2) is 0 Å². The molecule has 1 fully saturated rings. The van der Waals surface area contributed by atoms with E-state index in [2.05, 4.69) is 17.2 Å². The molecule has 0 radical (unpaired) electrons. The van der Waals surface area contributed by atoms with Crippen molar-refractivity contribution < 1.29 is 9.53 Å². The molecular weight excluding hydrogens is 228 g/mol. The largest absolute Gasteiger partial charge is 0.481 e. The van der Waals surface area contributed by atoms with Crippen molar-refractivity contribution in [3.63, 3.8) is 0 Å². The van der Waals surface area contributed by atoms with Gasteiger partial charge in [-0.1, -0.05) is 19.8 Å². The van der Waals surface area contributed by atoms with Gasteiger partial charge in [0.2, 0.25) is 5.88 Å². The van der Waals surface area contributed by atoms with E-state index in [1.54, 1.807) is 25.4 Å². The lowest BCUT2D eigenvalue weighted by molar-refractivity contribution is 0.0910. The maximum atomic E-state index is 12.1. The van der Waals surface area contributed by atoms with Crippen LogP contribution in [0.15, 0.2) is 18.3 Å². The van der Waals surface area contributed by atoms with Gasteiger partial charge in [-0.15, -0.1) is 0 Å². The Morgan fingerprint density at radius 3 is 2.78 bits per heavy atom. The van der Waals surface area contributed by atoms with E-state index in [-0.39, 0.29) is 5.91 Å². The molecule has 1 N–H and O–H groups in total. The van der Waals surface area contributed by atoms with Crippen molar-refractivity contribution >= 4 is 5.91 Å². The number of aromatic nitrogens is 1. The predicted octanol–water partition coefficient (Wildman–Crippen LogP) is 2.40. The van der Waals surface area contributed by atoms with E-state index in [4.69, 9.17) is 4.74 Å². The van der Waals surface area contributed by atoms with Crippen molar-refractivity contribution in [2.24, 2.45) is 5.92 Å². The molecule has 1 amide bonds. The van der Waals surface area contributed by atoms with Crippen molar-refractivity contribution in [3.8, 4) is 5.88 Å². The molecule has 4 nitrogen and oxygen atoms in total. The monoisotopic (exact) mass is 248 g/mol. The van der Waals surface area contributed by atoms with Crippen LogP contribution in [-0.4, -0.2) is 24.0 Å². The van der Waals surface area contributed by atoms with Crippen molar-refractivity contribution in [1.29, 1.82) is 0 Å². The molecule has 2 rings (SSSR count). The summed E-state index contributed by atoms with van der Waals surface area (Å²) in [4.78, 5) is 16.1. The highest BCUT2D eigenvalue weighted by Gasteiger charge is 2.23. The number of nitrogens with one attached hydrogen (secondary N) is 1. The lowest BCUT2D eigenvalue weighted by Crippen LogP contribution is -2.41. The van der Waals surface area contributed by atoms with Crippen LogP contribution in [0.2, 0.25) is 0 Å². The molecule has 1 heterocycles. The minimum atomic E-state index is -0.0381. The van der Waals surface area contributed by atoms with Crippen LogP contribution in [0.4, 0.5) is 0 Å². The highest BCUT2D eigenvalue weighted by atomic mass is 16.5. The molecule has 1 aromatic heterocycles. The van der Waals surface area contributed by atoms with E-state index in [1.165, 1.54) is 19.3 Å². The quantitative estimate of drug-likeness (QED) is 0.893. The maximum absolute atomic E-state index is 12.1. The number of nitrogens with zero attached hydrogens (tertiary/aromatic N) is 1. The molecule has 98 valence electrons. The minimum absolute atomic E-state index is 0.0381. The van der Waals surface area contributed by atoms with Gasteiger partial charge < -0.3 is 10.1 Å². The molecule has 0 bridgehead atoms. The molecule has 18 heavy (non-hydrogen) atoms. The summed E-state index contributed by atoms with van der Waals surface area (Å²) in [5.74, 6) is 1.05. The van der Waals surface area contributed by atoms with E-state index >= 15 is 0 Å². The second kappa shape index (κ2) is 5.85. The Bertz CT molecular complexity index is 403. The van der Waals surface area contributed by atoms with Crippen LogP contribution >= 0.6 is 0 Å². The highest BCUT2D eigenvalue weighted by Crippen LogP contribution is 2.24. The van der Waals surface area contributed by atoms with Gasteiger partial charge in [0.25, 0.3) is 5.91 Å². The first-order valence-corrected chi connectivity index (χ1v) is 6.51. The van der Waals surface area contributed by atoms with Crippen LogP contribution < -0.4 is 10.1 Å². The summed E-state index contributed by atoms with van der Waals surface area (Å²) in [5, 5.41) is 3.10. The number of methoxy groups -OCH3 is 1. The summed E-state index contributed by atoms with van der Waals surface area (Å²) >= 11 is 0. The molecule has 0 spiro atoms. The first-order valence-electron chi connectivity index (χ1n) is 6.51. The summed E-state index contributed by atoms with van der Waals surface area (Å²) in [5.41, 5.74) is 0.591. The van der Waals surface area contributed by atoms with Gasteiger partial charge in [0.05, 0.1) is 12.7 Å². The molecule has 1 saturated carbocycles. The standard InChI is InChI=1S/C14H20N2O2/c1-10-5-3-4-6-12(10)16-14(17)11-7-8-13(18-2)15-9-11/h7-10,12H,3-6H2,1-2H3,(H,16,17). The Kier molecular flexibility index (Phi) is 4.18. The zero-order chi connectivity index (χ0) is 13.0. The Morgan fingerprint density at radius 2 is 2.17 bits per heavy atom. The van der Waals surface area contributed by atoms with Crippen molar-refractivity contribution in [2.45, 2.75) is 38.6 Å². The molecule has 2 unspecified atom stereocenters. The number of hydrogen-bond donors (Lipinski definition) is 1. The van der Waals surface area contributed by atoms with Crippen molar-refractivity contribution in [2.75, 3.05) is 7.11 Å². The third-order valence-electron chi connectivity index (χ3n) is 3.64. The second-order valence-electron chi connectivity index (χ2n) is 4.93. The number of carbonyl (C=O) groups excluding carboxylic acids is 1. The van der Waals surface area contributed by atoms with Crippen LogP contribution in [0.25, 0.3) is 0 Å². The Balaban J connectivity index is 1.97. The zero-order valence-electron chi connectivity index (χ0n) is 11.0. The van der Waals surface area contributed by atoms with Crippen LogP contribution in [0.3, 0.4) is 0 Å². The van der Waals surface area contributed by atoms with Crippen molar-refractivity contribution in [3.05, 3.63) is 23.9 Å². The Labute approximate surface area is 108 Å². The van der Waals surface area contributed by atoms with Gasteiger partial charge in [-0.3, -0.25) is 4.79 Å². The molecule has 1 aromatic rings. The molecule has 0 saturated heterocycles. The number of pyridine rings is 1. The van der Waals surface area contributed by atoms with Crippen LogP contribution in [0.5, 0.6) is 5.88 Å². The fourth-order valence-electron chi connectivity index (χ4n) is 2.42. The Hall–Kier alpha value is -1.58. The fraction of sp³-hybridized carbons (Fsp3) is 0.571. The fourth-order valence-corrected chi connectivity index (χ4v) is 2.42. The summed E-state index contributed by atoms with van der Waals surface area (Å²) in [7, 11) is 1.56. The number of carbonyl (C=O) groups is 1. The normalized spacial score (nSPS) is 23.4. The third-order valence-corrected chi connectivity index (χ3v) is 3.64. The highest BCUT2D eigenvalue weighted by molar-refractivity contribution is 5.94. The smallest absolute Gasteiger partial charge is 0.253 e. The van der Waals surface area contributed by atoms with E-state index in [1.807, 2.05) is 0 Å². The van der Waals surface area contributed by atoms with E-state index in [9.17, 15) is 4.79 Å². The second-order valence-corrected chi connectivity index (χ2v) is 4.93. The molecule has 1 aliphatic carbocycles. The number of amides is 1. The van der Waals surface area contributed by atoms with E-state index in [0.29, 0.717) is 23.4 Å². The van der Waals surface area contributed by atoms with Gasteiger partial charge in [-0.25, -0.2) is 4.98 Å². The number of hydrogen-bond acceptors (Lipinski definition) is 3. The summed E-state index contributed by atoms with van der Waals surface area (Å²) in [6.07, 6.45) is 6.32. The number of rotatable bonds is 3. The lowest BCUT2D eigenvalue weighted by Gasteiger charge is -2.29. The van der Waals surface area contributed by atoms with Crippen molar-refractivity contribution in [1.82, 2.24) is 10.3 Å². The summed E-state index contributed by atoms with van der Waals surface area (Å²) in [6, 6.07) is 3.75. The van der Waals surface area contributed by atoms with E-state index in [0.717, 1.165) is 6.42 Å². The van der Waals surface area contributed by atoms with Gasteiger partial charge in [-0.2, -0.15) is 0 Å². The van der Waals surface area contributed by atoms with Crippen LogP contribution in [-0.2, 0) is 0 Å². The zero-order valence-corrected chi connectivity index (χ0v) is 11.0. The van der Waals surface area contributed by atoms with E-state index < -0.39 is 0 Å². The van der Waals surface area contributed by atoms with Crippen LogP contribution in [0, 0.1) is 5.92 Å². The van der Waals surface area contributed by atoms with Gasteiger partial charge in [-0.05, 0) is 24.8 Å². The summed E-state index contributed by atoms with van der Waals surface area (Å²) < 4.78 is 4.97. The Morgan fingerprint density at radius 1 is 1.39 bits per heavy atom. The molecule has 0 aliphatic heterocycles. The molecular formula is C14H20N2O2. The van der Waals surface area contributed by atoms with Crippen LogP contribution in [0.1, 0.15) is 43.0 Å². The van der Waals surface area contributed by atoms with Gasteiger partial charge >= 0.3 is 0 Å². The lowest BCUT2D eigenvalue weighted by atomic mass is 9.86. The average Bonchev–Trinajstić information content (AvgIpc) is 2.41. The number of ether oxygens (including phenoxy) is 1. The summed E-state index contributed by atoms with van der Waals surface area (Å²) in [6.45, 7) is 2.20. The molecule has 4 heteroatoms. The van der Waals surface area contributed by atoms with Gasteiger partial charge in [0, 0.05) is 18.3 Å². The predicted molar refractivity (Wildman–Crippen MR) is 69.7 cm³/mol. The SMILES string of the molecule is COc1ccc(C(=O)NC2CCCCC2C)cn1. The first kappa shape index (κ1) is 12.9. The molecule has 1 aliphatic rings. The minimum Gasteiger partial charge on any atom is -0.481 e. The molecule has 0 aromatic carbocycles. The first-order chi connectivity index (χ1) is 8.70. The third kappa shape index (κ3) is 3.00. The molecule has 2 atom stereocenters. The average molecular weight is 248 g/mol. The van der Waals surface area contributed by atoms with Gasteiger partial charge in [0.1, 0.15) is 0 Å².